The molecule has 2 fully saturated rings. The highest BCUT2D eigenvalue weighted by Crippen LogP contribution is 2.30. The van der Waals surface area contributed by atoms with Crippen LogP contribution in [0.5, 0.6) is 0 Å². The third-order valence-corrected chi connectivity index (χ3v) is 3.80. The highest BCUT2D eigenvalue weighted by Gasteiger charge is 2.42. The van der Waals surface area contributed by atoms with Crippen LogP contribution >= 0.6 is 0 Å². The summed E-state index contributed by atoms with van der Waals surface area (Å²) in [6.45, 7) is 8.23. The summed E-state index contributed by atoms with van der Waals surface area (Å²) in [6.07, 6.45) is 2.18. The first-order chi connectivity index (χ1) is 7.65. The number of amides is 1. The molecule has 92 valence electrons. The van der Waals surface area contributed by atoms with Gasteiger partial charge in [0.1, 0.15) is 6.61 Å². The Labute approximate surface area is 97.3 Å². The van der Waals surface area contributed by atoms with Crippen molar-refractivity contribution in [1.82, 2.24) is 10.2 Å². The molecule has 2 heterocycles. The molecule has 0 aliphatic carbocycles. The van der Waals surface area contributed by atoms with Crippen LogP contribution in [0.3, 0.4) is 0 Å². The van der Waals surface area contributed by atoms with Gasteiger partial charge in [0.25, 0.3) is 0 Å². The SMILES string of the molecule is CCCN1CC(C)(C2CCNC2)OCC1=O. The van der Waals surface area contributed by atoms with Crippen LogP contribution in [0.4, 0.5) is 0 Å². The smallest absolute Gasteiger partial charge is 0.248 e. The third-order valence-electron chi connectivity index (χ3n) is 3.80. The van der Waals surface area contributed by atoms with Crippen LogP contribution in [-0.4, -0.2) is 49.2 Å². The van der Waals surface area contributed by atoms with Gasteiger partial charge in [0.15, 0.2) is 0 Å². The van der Waals surface area contributed by atoms with Crippen LogP contribution < -0.4 is 5.32 Å². The maximum Gasteiger partial charge on any atom is 0.248 e. The van der Waals surface area contributed by atoms with Gasteiger partial charge in [-0.25, -0.2) is 0 Å². The van der Waals surface area contributed by atoms with Gasteiger partial charge in [-0.15, -0.1) is 0 Å². The highest BCUT2D eigenvalue weighted by molar-refractivity contribution is 5.78. The molecule has 2 aliphatic rings. The molecule has 2 saturated heterocycles. The van der Waals surface area contributed by atoms with Crippen LogP contribution in [0.2, 0.25) is 0 Å². The van der Waals surface area contributed by atoms with E-state index in [0.717, 1.165) is 39.0 Å². The minimum absolute atomic E-state index is 0.144. The molecule has 1 amide bonds. The molecule has 2 rings (SSSR count). The Morgan fingerprint density at radius 3 is 3.06 bits per heavy atom. The second kappa shape index (κ2) is 4.72. The number of nitrogens with zero attached hydrogens (tertiary/aromatic N) is 1. The van der Waals surface area contributed by atoms with Gasteiger partial charge in [-0.05, 0) is 26.3 Å². The monoisotopic (exact) mass is 226 g/mol. The van der Waals surface area contributed by atoms with Gasteiger partial charge in [0, 0.05) is 25.6 Å². The van der Waals surface area contributed by atoms with E-state index in [1.54, 1.807) is 0 Å². The summed E-state index contributed by atoms with van der Waals surface area (Å²) in [5.74, 6) is 0.685. The lowest BCUT2D eigenvalue weighted by Crippen LogP contribution is -2.57. The van der Waals surface area contributed by atoms with Gasteiger partial charge in [0.2, 0.25) is 5.91 Å². The Hall–Kier alpha value is -0.610. The minimum Gasteiger partial charge on any atom is -0.363 e. The molecule has 0 bridgehead atoms. The summed E-state index contributed by atoms with van der Waals surface area (Å²) >= 11 is 0. The standard InChI is InChI=1S/C12H22N2O2/c1-3-6-14-9-12(2,16-8-11(14)15)10-4-5-13-7-10/h10,13H,3-9H2,1-2H3. The van der Waals surface area contributed by atoms with E-state index >= 15 is 0 Å². The fraction of sp³-hybridized carbons (Fsp3) is 0.917. The number of nitrogens with one attached hydrogen (secondary N) is 1. The number of carbonyl (C=O) groups is 1. The summed E-state index contributed by atoms with van der Waals surface area (Å²) in [6, 6.07) is 0. The van der Waals surface area contributed by atoms with E-state index in [1.807, 2.05) is 4.90 Å². The molecule has 0 spiro atoms. The van der Waals surface area contributed by atoms with E-state index in [1.165, 1.54) is 0 Å². The normalized spacial score (nSPS) is 35.8. The van der Waals surface area contributed by atoms with Crippen LogP contribution in [0, 0.1) is 5.92 Å². The lowest BCUT2D eigenvalue weighted by Gasteiger charge is -2.43. The van der Waals surface area contributed by atoms with Crippen LogP contribution in [-0.2, 0) is 9.53 Å². The van der Waals surface area contributed by atoms with Gasteiger partial charge in [-0.3, -0.25) is 4.79 Å². The average molecular weight is 226 g/mol. The first kappa shape index (κ1) is 11.9. The first-order valence-corrected chi connectivity index (χ1v) is 6.28. The van der Waals surface area contributed by atoms with E-state index in [9.17, 15) is 4.79 Å². The summed E-state index contributed by atoms with van der Waals surface area (Å²) < 4.78 is 5.81. The molecule has 0 saturated carbocycles. The van der Waals surface area contributed by atoms with Crippen molar-refractivity contribution in [3.05, 3.63) is 0 Å². The molecular formula is C12H22N2O2. The fourth-order valence-corrected chi connectivity index (χ4v) is 2.73. The molecule has 0 aromatic rings. The van der Waals surface area contributed by atoms with Gasteiger partial charge in [-0.2, -0.15) is 0 Å². The number of hydrogen-bond acceptors (Lipinski definition) is 3. The second-order valence-corrected chi connectivity index (χ2v) is 5.11. The number of rotatable bonds is 3. The lowest BCUT2D eigenvalue weighted by atomic mass is 9.86. The average Bonchev–Trinajstić information content (AvgIpc) is 2.78. The molecule has 4 heteroatoms. The predicted octanol–water partition coefficient (Wildman–Crippen LogP) is 0.623. The van der Waals surface area contributed by atoms with Gasteiger partial charge < -0.3 is 15.0 Å². The quantitative estimate of drug-likeness (QED) is 0.767. The molecule has 0 aromatic heterocycles. The summed E-state index contributed by atoms with van der Waals surface area (Å²) in [5.41, 5.74) is -0.146. The zero-order valence-electron chi connectivity index (χ0n) is 10.3. The Kier molecular flexibility index (Phi) is 3.50. The van der Waals surface area contributed by atoms with Crippen molar-refractivity contribution in [2.24, 2.45) is 5.92 Å². The largest absolute Gasteiger partial charge is 0.363 e. The topological polar surface area (TPSA) is 41.6 Å². The zero-order chi connectivity index (χ0) is 11.6. The van der Waals surface area contributed by atoms with E-state index in [-0.39, 0.29) is 18.1 Å². The van der Waals surface area contributed by atoms with Crippen LogP contribution in [0.1, 0.15) is 26.7 Å². The van der Waals surface area contributed by atoms with Crippen molar-refractivity contribution in [3.8, 4) is 0 Å². The first-order valence-electron chi connectivity index (χ1n) is 6.28. The number of carbonyl (C=O) groups excluding carboxylic acids is 1. The summed E-state index contributed by atoms with van der Waals surface area (Å²) in [4.78, 5) is 13.6. The van der Waals surface area contributed by atoms with Gasteiger partial charge in [0.05, 0.1) is 5.60 Å². The molecule has 2 atom stereocenters. The Morgan fingerprint density at radius 2 is 2.44 bits per heavy atom. The molecule has 2 unspecified atom stereocenters. The molecule has 16 heavy (non-hydrogen) atoms. The maximum atomic E-state index is 11.7. The highest BCUT2D eigenvalue weighted by atomic mass is 16.5. The van der Waals surface area contributed by atoms with Crippen molar-refractivity contribution < 1.29 is 9.53 Å². The van der Waals surface area contributed by atoms with E-state index < -0.39 is 0 Å². The molecule has 4 nitrogen and oxygen atoms in total. The van der Waals surface area contributed by atoms with Crippen LogP contribution in [0.15, 0.2) is 0 Å². The maximum absolute atomic E-state index is 11.7. The summed E-state index contributed by atoms with van der Waals surface area (Å²) in [5, 5.41) is 3.37. The van der Waals surface area contributed by atoms with Crippen molar-refractivity contribution >= 4 is 5.91 Å². The van der Waals surface area contributed by atoms with Crippen molar-refractivity contribution in [2.75, 3.05) is 32.8 Å². The third kappa shape index (κ3) is 2.23. The van der Waals surface area contributed by atoms with E-state index in [4.69, 9.17) is 4.74 Å². The number of hydrogen-bond donors (Lipinski definition) is 1. The Bertz CT molecular complexity index is 264. The van der Waals surface area contributed by atoms with Crippen molar-refractivity contribution in [1.29, 1.82) is 0 Å². The van der Waals surface area contributed by atoms with E-state index in [2.05, 4.69) is 19.2 Å². The Morgan fingerprint density at radius 1 is 1.62 bits per heavy atom. The second-order valence-electron chi connectivity index (χ2n) is 5.11. The summed E-state index contributed by atoms with van der Waals surface area (Å²) in [7, 11) is 0. The predicted molar refractivity (Wildman–Crippen MR) is 62.2 cm³/mol. The van der Waals surface area contributed by atoms with Gasteiger partial charge >= 0.3 is 0 Å². The molecule has 0 radical (unpaired) electrons. The number of morpholine rings is 1. The molecule has 0 aromatic carbocycles. The fourth-order valence-electron chi connectivity index (χ4n) is 2.73. The number of ether oxygens (including phenoxy) is 1. The van der Waals surface area contributed by atoms with Crippen LogP contribution in [0.25, 0.3) is 0 Å². The van der Waals surface area contributed by atoms with Crippen molar-refractivity contribution in [2.45, 2.75) is 32.3 Å². The van der Waals surface area contributed by atoms with E-state index in [0.29, 0.717) is 5.92 Å². The lowest BCUT2D eigenvalue weighted by molar-refractivity contribution is -0.168. The Balaban J connectivity index is 2.02. The molecule has 2 aliphatic heterocycles. The molecular weight excluding hydrogens is 204 g/mol. The zero-order valence-corrected chi connectivity index (χ0v) is 10.3. The van der Waals surface area contributed by atoms with Gasteiger partial charge in [-0.1, -0.05) is 6.92 Å². The minimum atomic E-state index is -0.146. The molecule has 1 N–H and O–H groups in total. The van der Waals surface area contributed by atoms with Crippen molar-refractivity contribution in [3.63, 3.8) is 0 Å².